The number of carboxylic acids is 1. The molecule has 1 aliphatic rings. The first-order valence-corrected chi connectivity index (χ1v) is 5.79. The molecule has 1 amide bonds. The molecule has 2 rings (SSSR count). The SMILES string of the molecule is Cn1nccc1/C=C/C(=O)N1CCCC1C(=O)O. The number of carbonyl (C=O) groups is 2. The van der Waals surface area contributed by atoms with Gasteiger partial charge in [0.15, 0.2) is 0 Å². The number of carboxylic acid groups (broad SMARTS) is 1. The number of aromatic nitrogens is 2. The smallest absolute Gasteiger partial charge is 0.326 e. The molecule has 1 N–H and O–H groups in total. The number of nitrogens with zero attached hydrogens (tertiary/aromatic N) is 3. The van der Waals surface area contributed by atoms with Crippen LogP contribution < -0.4 is 0 Å². The van der Waals surface area contributed by atoms with Crippen LogP contribution in [0.1, 0.15) is 18.5 Å². The Hall–Kier alpha value is -2.11. The molecule has 0 bridgehead atoms. The van der Waals surface area contributed by atoms with Gasteiger partial charge in [-0.1, -0.05) is 0 Å². The molecule has 0 aromatic carbocycles. The van der Waals surface area contributed by atoms with Gasteiger partial charge in [0.05, 0.1) is 5.69 Å². The number of aliphatic carboxylic acids is 1. The lowest BCUT2D eigenvalue weighted by Gasteiger charge is -2.19. The van der Waals surface area contributed by atoms with E-state index in [1.807, 2.05) is 0 Å². The summed E-state index contributed by atoms with van der Waals surface area (Å²) in [6, 6.07) is 1.09. The number of rotatable bonds is 3. The van der Waals surface area contributed by atoms with E-state index in [0.717, 1.165) is 12.1 Å². The summed E-state index contributed by atoms with van der Waals surface area (Å²) in [7, 11) is 1.78. The van der Waals surface area contributed by atoms with Crippen molar-refractivity contribution in [1.29, 1.82) is 0 Å². The highest BCUT2D eigenvalue weighted by atomic mass is 16.4. The maximum atomic E-state index is 11.9. The van der Waals surface area contributed by atoms with E-state index in [0.29, 0.717) is 13.0 Å². The molecule has 1 aliphatic heterocycles. The highest BCUT2D eigenvalue weighted by molar-refractivity contribution is 5.94. The topological polar surface area (TPSA) is 75.4 Å². The molecular weight excluding hydrogens is 234 g/mol. The zero-order valence-electron chi connectivity index (χ0n) is 10.1. The molecule has 1 unspecified atom stereocenters. The molecule has 0 radical (unpaired) electrons. The summed E-state index contributed by atoms with van der Waals surface area (Å²) >= 11 is 0. The van der Waals surface area contributed by atoms with Gasteiger partial charge in [-0.15, -0.1) is 0 Å². The third-order valence-corrected chi connectivity index (χ3v) is 3.08. The zero-order valence-corrected chi connectivity index (χ0v) is 10.1. The van der Waals surface area contributed by atoms with Crippen LogP contribution in [0.4, 0.5) is 0 Å². The van der Waals surface area contributed by atoms with Crippen molar-refractivity contribution in [3.8, 4) is 0 Å². The Labute approximate surface area is 105 Å². The van der Waals surface area contributed by atoms with E-state index in [9.17, 15) is 9.59 Å². The molecule has 6 heteroatoms. The van der Waals surface area contributed by atoms with Crippen LogP contribution in [0.2, 0.25) is 0 Å². The summed E-state index contributed by atoms with van der Waals surface area (Å²) in [5.41, 5.74) is 0.800. The average molecular weight is 249 g/mol. The van der Waals surface area contributed by atoms with E-state index >= 15 is 0 Å². The van der Waals surface area contributed by atoms with Crippen LogP contribution in [-0.2, 0) is 16.6 Å². The van der Waals surface area contributed by atoms with E-state index in [4.69, 9.17) is 5.11 Å². The summed E-state index contributed by atoms with van der Waals surface area (Å²) in [4.78, 5) is 24.3. The van der Waals surface area contributed by atoms with Crippen molar-refractivity contribution >= 4 is 18.0 Å². The van der Waals surface area contributed by atoms with Gasteiger partial charge < -0.3 is 10.0 Å². The molecule has 0 saturated carbocycles. The van der Waals surface area contributed by atoms with Gasteiger partial charge in [-0.2, -0.15) is 5.10 Å². The van der Waals surface area contributed by atoms with Gasteiger partial charge in [-0.05, 0) is 25.0 Å². The van der Waals surface area contributed by atoms with Gasteiger partial charge in [0.1, 0.15) is 6.04 Å². The largest absolute Gasteiger partial charge is 0.480 e. The summed E-state index contributed by atoms with van der Waals surface area (Å²) in [5, 5.41) is 13.0. The number of hydrogen-bond acceptors (Lipinski definition) is 3. The van der Waals surface area contributed by atoms with Gasteiger partial charge in [-0.3, -0.25) is 9.48 Å². The van der Waals surface area contributed by atoms with Crippen LogP contribution in [0.5, 0.6) is 0 Å². The second-order valence-electron chi connectivity index (χ2n) is 4.24. The van der Waals surface area contributed by atoms with Crippen LogP contribution in [0.25, 0.3) is 6.08 Å². The Bertz CT molecular complexity index is 493. The predicted molar refractivity (Wildman–Crippen MR) is 64.6 cm³/mol. The number of amides is 1. The maximum absolute atomic E-state index is 11.9. The fourth-order valence-corrected chi connectivity index (χ4v) is 2.09. The summed E-state index contributed by atoms with van der Waals surface area (Å²) in [5.74, 6) is -1.20. The van der Waals surface area contributed by atoms with Crippen LogP contribution in [0.3, 0.4) is 0 Å². The van der Waals surface area contributed by atoms with Gasteiger partial charge in [0, 0.05) is 25.9 Å². The Morgan fingerprint density at radius 1 is 1.56 bits per heavy atom. The van der Waals surface area contributed by atoms with Crippen molar-refractivity contribution in [2.24, 2.45) is 7.05 Å². The third-order valence-electron chi connectivity index (χ3n) is 3.08. The molecular formula is C12H15N3O3. The van der Waals surface area contributed by atoms with Crippen LogP contribution in [0, 0.1) is 0 Å². The fraction of sp³-hybridized carbons (Fsp3) is 0.417. The number of aryl methyl sites for hydroxylation is 1. The Balaban J connectivity index is 2.06. The standard InChI is InChI=1S/C12H15N3O3/c1-14-9(6-7-13-14)4-5-11(16)15-8-2-3-10(15)12(17)18/h4-7,10H,2-3,8H2,1H3,(H,17,18)/b5-4+. The Morgan fingerprint density at radius 3 is 2.94 bits per heavy atom. The molecule has 2 heterocycles. The molecule has 6 nitrogen and oxygen atoms in total. The first-order valence-electron chi connectivity index (χ1n) is 5.79. The molecule has 1 aromatic heterocycles. The van der Waals surface area contributed by atoms with Gasteiger partial charge in [-0.25, -0.2) is 4.79 Å². The first kappa shape index (κ1) is 12.3. The van der Waals surface area contributed by atoms with Gasteiger partial charge >= 0.3 is 5.97 Å². The van der Waals surface area contributed by atoms with Crippen molar-refractivity contribution in [2.75, 3.05) is 6.54 Å². The Kier molecular flexibility index (Phi) is 3.45. The molecule has 1 atom stereocenters. The molecule has 1 aromatic rings. The fourth-order valence-electron chi connectivity index (χ4n) is 2.09. The van der Waals surface area contributed by atoms with E-state index in [1.54, 1.807) is 30.1 Å². The minimum Gasteiger partial charge on any atom is -0.480 e. The van der Waals surface area contributed by atoms with Crippen molar-refractivity contribution in [3.63, 3.8) is 0 Å². The second kappa shape index (κ2) is 5.03. The quantitative estimate of drug-likeness (QED) is 0.792. The van der Waals surface area contributed by atoms with Crippen LogP contribution in [0.15, 0.2) is 18.3 Å². The highest BCUT2D eigenvalue weighted by Gasteiger charge is 2.32. The molecule has 0 aliphatic carbocycles. The molecule has 96 valence electrons. The van der Waals surface area contributed by atoms with E-state index < -0.39 is 12.0 Å². The van der Waals surface area contributed by atoms with Crippen molar-refractivity contribution in [2.45, 2.75) is 18.9 Å². The lowest BCUT2D eigenvalue weighted by atomic mass is 10.2. The number of likely N-dealkylation sites (tertiary alicyclic amines) is 1. The van der Waals surface area contributed by atoms with E-state index in [2.05, 4.69) is 5.10 Å². The number of carbonyl (C=O) groups excluding carboxylic acids is 1. The summed E-state index contributed by atoms with van der Waals surface area (Å²) in [6.07, 6.45) is 5.95. The number of hydrogen-bond donors (Lipinski definition) is 1. The molecule has 18 heavy (non-hydrogen) atoms. The van der Waals surface area contributed by atoms with Crippen molar-refractivity contribution in [1.82, 2.24) is 14.7 Å². The van der Waals surface area contributed by atoms with Crippen LogP contribution in [-0.4, -0.2) is 44.3 Å². The van der Waals surface area contributed by atoms with E-state index in [1.165, 1.54) is 11.0 Å². The van der Waals surface area contributed by atoms with Gasteiger partial charge in [0.25, 0.3) is 0 Å². The maximum Gasteiger partial charge on any atom is 0.326 e. The summed E-state index contributed by atoms with van der Waals surface area (Å²) < 4.78 is 1.64. The minimum absolute atomic E-state index is 0.263. The molecule has 1 saturated heterocycles. The van der Waals surface area contributed by atoms with Gasteiger partial charge in [0.2, 0.25) is 5.91 Å². The monoisotopic (exact) mass is 249 g/mol. The molecule has 0 spiro atoms. The lowest BCUT2D eigenvalue weighted by Crippen LogP contribution is -2.39. The van der Waals surface area contributed by atoms with Crippen LogP contribution >= 0.6 is 0 Å². The average Bonchev–Trinajstić information content (AvgIpc) is 2.94. The Morgan fingerprint density at radius 2 is 2.33 bits per heavy atom. The van der Waals surface area contributed by atoms with Crippen molar-refractivity contribution in [3.05, 3.63) is 24.0 Å². The second-order valence-corrected chi connectivity index (χ2v) is 4.24. The zero-order chi connectivity index (χ0) is 13.1. The summed E-state index contributed by atoms with van der Waals surface area (Å²) in [6.45, 7) is 0.505. The highest BCUT2D eigenvalue weighted by Crippen LogP contribution is 2.18. The normalized spacial score (nSPS) is 19.6. The van der Waals surface area contributed by atoms with E-state index in [-0.39, 0.29) is 5.91 Å². The predicted octanol–water partition coefficient (Wildman–Crippen LogP) is 0.509. The lowest BCUT2D eigenvalue weighted by molar-refractivity contribution is -0.146. The van der Waals surface area contributed by atoms with Crippen molar-refractivity contribution < 1.29 is 14.7 Å². The minimum atomic E-state index is -0.935. The first-order chi connectivity index (χ1) is 8.59. The molecule has 1 fully saturated rings. The third kappa shape index (κ3) is 2.42.